The number of piperidine rings is 1. The highest BCUT2D eigenvalue weighted by molar-refractivity contribution is 6.36. The molecule has 3 aliphatic rings. The highest BCUT2D eigenvalue weighted by Crippen LogP contribution is 2.43. The Kier molecular flexibility index (Phi) is 7.75. The maximum Gasteiger partial charge on any atom is 0.230 e. The fourth-order valence-corrected chi connectivity index (χ4v) is 4.52. The van der Waals surface area contributed by atoms with Crippen molar-refractivity contribution in [3.63, 3.8) is 0 Å². The molecule has 1 saturated carbocycles. The molecule has 180 valence electrons. The van der Waals surface area contributed by atoms with Crippen molar-refractivity contribution in [3.8, 4) is 11.5 Å². The molecular formula is C27H35N5O2. The van der Waals surface area contributed by atoms with Gasteiger partial charge in [-0.3, -0.25) is 10.2 Å². The minimum absolute atomic E-state index is 0.0995. The fraction of sp³-hybridized carbons (Fsp3) is 0.444. The molecule has 2 fully saturated rings. The van der Waals surface area contributed by atoms with Crippen LogP contribution in [-0.4, -0.2) is 43.0 Å². The molecule has 5 N–H and O–H groups in total. The van der Waals surface area contributed by atoms with Crippen LogP contribution in [0.2, 0.25) is 0 Å². The lowest BCUT2D eigenvalue weighted by Crippen LogP contribution is -2.43. The zero-order chi connectivity index (χ0) is 24.1. The average molecular weight is 462 g/mol. The molecule has 5 rings (SSSR count). The lowest BCUT2D eigenvalue weighted by atomic mass is 9.92. The number of carbonyl (C=O) groups excluding carboxylic acids is 1. The Labute approximate surface area is 201 Å². The maximum absolute atomic E-state index is 12.9. The third-order valence-corrected chi connectivity index (χ3v) is 6.69. The summed E-state index contributed by atoms with van der Waals surface area (Å²) in [6.45, 7) is 4.32. The van der Waals surface area contributed by atoms with E-state index in [0.29, 0.717) is 23.1 Å². The van der Waals surface area contributed by atoms with E-state index in [9.17, 15) is 4.79 Å². The first-order valence-corrected chi connectivity index (χ1v) is 12.3. The molecule has 2 aromatic rings. The second-order valence-electron chi connectivity index (χ2n) is 9.37. The first-order chi connectivity index (χ1) is 16.5. The molecule has 1 unspecified atom stereocenters. The number of para-hydroxylation sites is 1. The van der Waals surface area contributed by atoms with Crippen LogP contribution < -0.4 is 20.7 Å². The van der Waals surface area contributed by atoms with Gasteiger partial charge in [-0.1, -0.05) is 18.2 Å². The van der Waals surface area contributed by atoms with E-state index < -0.39 is 0 Å². The van der Waals surface area contributed by atoms with Crippen LogP contribution >= 0.6 is 0 Å². The van der Waals surface area contributed by atoms with Gasteiger partial charge in [0, 0.05) is 35.3 Å². The van der Waals surface area contributed by atoms with E-state index in [0.717, 1.165) is 69.1 Å². The van der Waals surface area contributed by atoms with Gasteiger partial charge in [0.1, 0.15) is 11.5 Å². The van der Waals surface area contributed by atoms with E-state index in [1.807, 2.05) is 41.3 Å². The van der Waals surface area contributed by atoms with E-state index in [-0.39, 0.29) is 23.6 Å². The van der Waals surface area contributed by atoms with Gasteiger partial charge in [-0.15, -0.1) is 0 Å². The average Bonchev–Trinajstić information content (AvgIpc) is 3.70. The Morgan fingerprint density at radius 1 is 1.09 bits per heavy atom. The molecule has 0 aromatic heterocycles. The SMILES string of the molecule is CC1CCc2c(ccc(C(=N)C=N)c2Oc2ccccc2)N1C(=O)C1CC1.NC1CCNCC1. The first-order valence-electron chi connectivity index (χ1n) is 12.3. The summed E-state index contributed by atoms with van der Waals surface area (Å²) in [5.74, 6) is 1.62. The van der Waals surface area contributed by atoms with Gasteiger partial charge in [0.25, 0.3) is 0 Å². The van der Waals surface area contributed by atoms with E-state index in [2.05, 4.69) is 12.2 Å². The minimum atomic E-state index is 0.0995. The molecule has 1 amide bonds. The topological polar surface area (TPSA) is 115 Å². The number of nitrogens with zero attached hydrogens (tertiary/aromatic N) is 1. The number of amides is 1. The maximum atomic E-state index is 12.9. The molecular weight excluding hydrogens is 426 g/mol. The van der Waals surface area contributed by atoms with Crippen LogP contribution in [0.3, 0.4) is 0 Å². The van der Waals surface area contributed by atoms with Gasteiger partial charge >= 0.3 is 0 Å². The molecule has 1 atom stereocenters. The lowest BCUT2D eigenvalue weighted by molar-refractivity contribution is -0.120. The number of ether oxygens (including phenoxy) is 1. The predicted octanol–water partition coefficient (Wildman–Crippen LogP) is 4.27. The van der Waals surface area contributed by atoms with E-state index in [1.165, 1.54) is 0 Å². The second-order valence-corrected chi connectivity index (χ2v) is 9.37. The van der Waals surface area contributed by atoms with Crippen LogP contribution in [-0.2, 0) is 11.2 Å². The number of carbonyl (C=O) groups is 1. The van der Waals surface area contributed by atoms with Gasteiger partial charge in [0.05, 0.1) is 11.4 Å². The normalized spacial score (nSPS) is 19.9. The van der Waals surface area contributed by atoms with Gasteiger partial charge in [-0.05, 0) is 82.8 Å². The largest absolute Gasteiger partial charge is 0.456 e. The summed E-state index contributed by atoms with van der Waals surface area (Å²) in [4.78, 5) is 14.8. The fourth-order valence-electron chi connectivity index (χ4n) is 4.52. The summed E-state index contributed by atoms with van der Waals surface area (Å²) in [5, 5.41) is 18.9. The number of nitrogens with two attached hydrogens (primary N) is 1. The van der Waals surface area contributed by atoms with Gasteiger partial charge < -0.3 is 26.1 Å². The molecule has 2 aromatic carbocycles. The number of anilines is 1. The Hall–Kier alpha value is -3.03. The highest BCUT2D eigenvalue weighted by atomic mass is 16.5. The third kappa shape index (κ3) is 5.54. The van der Waals surface area contributed by atoms with Crippen LogP contribution in [0.25, 0.3) is 0 Å². The Morgan fingerprint density at radius 2 is 1.79 bits per heavy atom. The summed E-state index contributed by atoms with van der Waals surface area (Å²) in [6, 6.07) is 13.8. The number of rotatable bonds is 5. The number of benzene rings is 2. The summed E-state index contributed by atoms with van der Waals surface area (Å²) in [6.07, 6.45) is 6.92. The molecule has 0 radical (unpaired) electrons. The van der Waals surface area contributed by atoms with Crippen LogP contribution in [0, 0.1) is 16.7 Å². The number of hydrogen-bond acceptors (Lipinski definition) is 6. The lowest BCUT2D eigenvalue weighted by Gasteiger charge is -2.36. The Morgan fingerprint density at radius 3 is 2.38 bits per heavy atom. The molecule has 1 aliphatic carbocycles. The van der Waals surface area contributed by atoms with Gasteiger partial charge in [-0.2, -0.15) is 0 Å². The summed E-state index contributed by atoms with van der Waals surface area (Å²) >= 11 is 0. The van der Waals surface area contributed by atoms with Crippen molar-refractivity contribution < 1.29 is 9.53 Å². The number of fused-ring (bicyclic) bond motifs is 1. The van der Waals surface area contributed by atoms with E-state index >= 15 is 0 Å². The second kappa shape index (κ2) is 10.9. The predicted molar refractivity (Wildman–Crippen MR) is 137 cm³/mol. The van der Waals surface area contributed by atoms with Crippen LogP contribution in [0.15, 0.2) is 42.5 Å². The summed E-state index contributed by atoms with van der Waals surface area (Å²) < 4.78 is 6.19. The quantitative estimate of drug-likeness (QED) is 0.498. The monoisotopic (exact) mass is 461 g/mol. The van der Waals surface area contributed by atoms with E-state index in [4.69, 9.17) is 21.3 Å². The molecule has 2 aliphatic heterocycles. The smallest absolute Gasteiger partial charge is 0.230 e. The van der Waals surface area contributed by atoms with Crippen molar-refractivity contribution in [2.45, 2.75) is 57.5 Å². The molecule has 7 heteroatoms. The summed E-state index contributed by atoms with van der Waals surface area (Å²) in [7, 11) is 0. The van der Waals surface area contributed by atoms with Crippen LogP contribution in [0.5, 0.6) is 11.5 Å². The van der Waals surface area contributed by atoms with E-state index in [1.54, 1.807) is 6.07 Å². The van der Waals surface area contributed by atoms with Gasteiger partial charge in [-0.25, -0.2) is 0 Å². The minimum Gasteiger partial charge on any atom is -0.456 e. The van der Waals surface area contributed by atoms with Gasteiger partial charge in [0.2, 0.25) is 5.91 Å². The zero-order valence-electron chi connectivity index (χ0n) is 19.8. The molecule has 0 bridgehead atoms. The number of hydrogen-bond donors (Lipinski definition) is 4. The van der Waals surface area contributed by atoms with Crippen LogP contribution in [0.1, 0.15) is 50.2 Å². The van der Waals surface area contributed by atoms with Crippen molar-refractivity contribution >= 4 is 23.5 Å². The Bertz CT molecular complexity index is 1030. The number of nitrogens with one attached hydrogen (secondary N) is 3. The van der Waals surface area contributed by atoms with Gasteiger partial charge in [0.15, 0.2) is 0 Å². The van der Waals surface area contributed by atoms with Crippen molar-refractivity contribution in [1.29, 1.82) is 10.8 Å². The molecule has 2 heterocycles. The molecule has 0 spiro atoms. The Balaban J connectivity index is 0.000000336. The van der Waals surface area contributed by atoms with Crippen molar-refractivity contribution in [1.82, 2.24) is 5.32 Å². The molecule has 34 heavy (non-hydrogen) atoms. The van der Waals surface area contributed by atoms with Crippen molar-refractivity contribution in [2.24, 2.45) is 11.7 Å². The van der Waals surface area contributed by atoms with Crippen molar-refractivity contribution in [3.05, 3.63) is 53.6 Å². The third-order valence-electron chi connectivity index (χ3n) is 6.69. The molecule has 7 nitrogen and oxygen atoms in total. The zero-order valence-corrected chi connectivity index (χ0v) is 19.8. The first kappa shape index (κ1) is 24.1. The summed E-state index contributed by atoms with van der Waals surface area (Å²) in [5.41, 5.74) is 8.12. The molecule has 1 saturated heterocycles. The highest BCUT2D eigenvalue weighted by Gasteiger charge is 2.39. The standard InChI is InChI=1S/C22H23N3O2.C5H12N2/c1-14-7-10-18-20(25(14)22(26)15-8-9-15)12-11-17(19(24)13-23)21(18)27-16-5-3-2-4-6-16;6-5-1-3-7-4-2-5/h2-6,11-15,23-24H,7-10H2,1H3;5,7H,1-4,6H2. The van der Waals surface area contributed by atoms with Crippen molar-refractivity contribution in [2.75, 3.05) is 18.0 Å². The van der Waals surface area contributed by atoms with Crippen LogP contribution in [0.4, 0.5) is 5.69 Å².